The normalized spacial score (nSPS) is 12.1. The van der Waals surface area contributed by atoms with Gasteiger partial charge in [0.15, 0.2) is 0 Å². The first kappa shape index (κ1) is 30.3. The van der Waals surface area contributed by atoms with Gasteiger partial charge in [-0.05, 0) is 89.0 Å². The van der Waals surface area contributed by atoms with Gasteiger partial charge in [-0.2, -0.15) is 0 Å². The SMILES string of the molecule is CC(C)c1cccc(C(C)C)c1-n1c(-c2ccc(F)cc2)cnc1-c1cccc(Cc2ccc3c4cccc5c6cccnc6n(c3c2)c45)c1. The van der Waals surface area contributed by atoms with Crippen molar-refractivity contribution in [3.8, 4) is 28.3 Å². The molecule has 0 radical (unpaired) electrons. The molecule has 0 saturated carbocycles. The molecule has 50 heavy (non-hydrogen) atoms. The molecule has 5 aromatic carbocycles. The summed E-state index contributed by atoms with van der Waals surface area (Å²) in [6.45, 7) is 8.96. The molecule has 0 N–H and O–H groups in total. The summed E-state index contributed by atoms with van der Waals surface area (Å²) in [5.74, 6) is 1.22. The number of hydrogen-bond acceptors (Lipinski definition) is 2. The van der Waals surface area contributed by atoms with Gasteiger partial charge in [-0.15, -0.1) is 0 Å². The van der Waals surface area contributed by atoms with Crippen molar-refractivity contribution < 1.29 is 4.39 Å². The molecule has 0 aliphatic rings. The van der Waals surface area contributed by atoms with E-state index in [2.05, 4.69) is 122 Å². The topological polar surface area (TPSA) is 35.1 Å². The van der Waals surface area contributed by atoms with E-state index in [1.54, 1.807) is 0 Å². The third-order valence-corrected chi connectivity index (χ3v) is 10.2. The van der Waals surface area contributed by atoms with E-state index in [0.29, 0.717) is 11.8 Å². The van der Waals surface area contributed by atoms with Crippen LogP contribution in [-0.2, 0) is 6.42 Å². The van der Waals surface area contributed by atoms with Gasteiger partial charge < -0.3 is 0 Å². The first-order chi connectivity index (χ1) is 24.4. The highest BCUT2D eigenvalue weighted by Gasteiger charge is 2.23. The fourth-order valence-corrected chi connectivity index (χ4v) is 7.88. The highest BCUT2D eigenvalue weighted by atomic mass is 19.1. The molecular weight excluding hydrogens is 616 g/mol. The van der Waals surface area contributed by atoms with Crippen LogP contribution in [-0.4, -0.2) is 18.9 Å². The summed E-state index contributed by atoms with van der Waals surface area (Å²) >= 11 is 0. The molecule has 4 nitrogen and oxygen atoms in total. The van der Waals surface area contributed by atoms with E-state index in [1.807, 2.05) is 30.6 Å². The maximum atomic E-state index is 14.1. The maximum Gasteiger partial charge on any atom is 0.145 e. The van der Waals surface area contributed by atoms with Crippen LogP contribution in [0.15, 0.2) is 128 Å². The molecule has 9 rings (SSSR count). The molecule has 4 aromatic heterocycles. The van der Waals surface area contributed by atoms with E-state index < -0.39 is 0 Å². The van der Waals surface area contributed by atoms with Crippen LogP contribution in [0.1, 0.15) is 61.8 Å². The third kappa shape index (κ3) is 4.72. The van der Waals surface area contributed by atoms with Gasteiger partial charge in [-0.3, -0.25) is 8.97 Å². The number of fused-ring (bicyclic) bond motifs is 6. The highest BCUT2D eigenvalue weighted by molar-refractivity contribution is 6.22. The molecule has 5 heteroatoms. The Morgan fingerprint density at radius 3 is 2.06 bits per heavy atom. The minimum absolute atomic E-state index is 0.251. The standard InChI is InChI=1S/C45H37FN4/c1-27(2)34-11-6-12-35(28(3)4)42(34)50-41(31-17-19-33(46)20-18-31)26-48-44(50)32-10-5-9-29(24-32)23-30-16-21-36-37-13-7-14-38-39-15-8-22-47-45(39)49(43(37)38)40(36)25-30/h5-22,24-28H,23H2,1-4H3. The molecule has 0 aliphatic carbocycles. The number of hydrogen-bond donors (Lipinski definition) is 0. The Bertz CT molecular complexity index is 2670. The molecule has 0 spiro atoms. The largest absolute Gasteiger partial charge is 0.293 e. The van der Waals surface area contributed by atoms with Crippen LogP contribution < -0.4 is 0 Å². The summed E-state index contributed by atoms with van der Waals surface area (Å²) < 4.78 is 18.7. The predicted octanol–water partition coefficient (Wildman–Crippen LogP) is 11.7. The van der Waals surface area contributed by atoms with Gasteiger partial charge in [0, 0.05) is 38.9 Å². The van der Waals surface area contributed by atoms with E-state index in [9.17, 15) is 4.39 Å². The molecule has 0 atom stereocenters. The Balaban J connectivity index is 1.19. The predicted molar refractivity (Wildman–Crippen MR) is 204 cm³/mol. The van der Waals surface area contributed by atoms with Gasteiger partial charge in [-0.25, -0.2) is 14.4 Å². The van der Waals surface area contributed by atoms with Crippen LogP contribution in [0.4, 0.5) is 4.39 Å². The number of halogens is 1. The Kier molecular flexibility index (Phi) is 7.06. The monoisotopic (exact) mass is 652 g/mol. The van der Waals surface area contributed by atoms with Gasteiger partial charge in [0.2, 0.25) is 0 Å². The molecule has 0 fully saturated rings. The summed E-state index contributed by atoms with van der Waals surface area (Å²) in [5, 5.41) is 4.93. The number of para-hydroxylation sites is 2. The zero-order chi connectivity index (χ0) is 34.1. The fraction of sp³-hybridized carbons (Fsp3) is 0.156. The summed E-state index contributed by atoms with van der Waals surface area (Å²) in [7, 11) is 0. The molecule has 0 amide bonds. The third-order valence-electron chi connectivity index (χ3n) is 10.2. The van der Waals surface area contributed by atoms with Crippen LogP contribution in [0.2, 0.25) is 0 Å². The van der Waals surface area contributed by atoms with Crippen molar-refractivity contribution in [3.63, 3.8) is 0 Å². The van der Waals surface area contributed by atoms with Crippen molar-refractivity contribution in [1.29, 1.82) is 0 Å². The smallest absolute Gasteiger partial charge is 0.145 e. The first-order valence-corrected chi connectivity index (χ1v) is 17.5. The lowest BCUT2D eigenvalue weighted by Gasteiger charge is -2.24. The lowest BCUT2D eigenvalue weighted by molar-refractivity contribution is 0.628. The van der Waals surface area contributed by atoms with Crippen molar-refractivity contribution in [2.24, 2.45) is 0 Å². The van der Waals surface area contributed by atoms with Gasteiger partial charge in [0.1, 0.15) is 17.3 Å². The van der Waals surface area contributed by atoms with Crippen molar-refractivity contribution in [2.75, 3.05) is 0 Å². The first-order valence-electron chi connectivity index (χ1n) is 17.5. The molecule has 0 unspecified atom stereocenters. The second-order valence-electron chi connectivity index (χ2n) is 14.0. The van der Waals surface area contributed by atoms with Crippen LogP contribution in [0, 0.1) is 5.82 Å². The van der Waals surface area contributed by atoms with Crippen molar-refractivity contribution in [1.82, 2.24) is 18.9 Å². The van der Waals surface area contributed by atoms with E-state index >= 15 is 0 Å². The highest BCUT2D eigenvalue weighted by Crippen LogP contribution is 2.40. The van der Waals surface area contributed by atoms with Gasteiger partial charge in [0.05, 0.1) is 28.6 Å². The molecule has 0 aliphatic heterocycles. The van der Waals surface area contributed by atoms with E-state index in [0.717, 1.165) is 40.4 Å². The van der Waals surface area contributed by atoms with Crippen LogP contribution in [0.25, 0.3) is 66.6 Å². The number of rotatable bonds is 7. The van der Waals surface area contributed by atoms with Gasteiger partial charge >= 0.3 is 0 Å². The zero-order valence-corrected chi connectivity index (χ0v) is 28.7. The number of aromatic nitrogens is 4. The summed E-state index contributed by atoms with van der Waals surface area (Å²) in [5.41, 5.74) is 12.5. The minimum Gasteiger partial charge on any atom is -0.293 e. The molecule has 9 aromatic rings. The van der Waals surface area contributed by atoms with Gasteiger partial charge in [0.25, 0.3) is 0 Å². The number of nitrogens with zero attached hydrogens (tertiary/aromatic N) is 4. The number of pyridine rings is 1. The maximum absolute atomic E-state index is 14.1. The lowest BCUT2D eigenvalue weighted by atomic mass is 9.92. The summed E-state index contributed by atoms with van der Waals surface area (Å²) in [6, 6.07) is 39.7. The molecular formula is C45H37FN4. The van der Waals surface area contributed by atoms with Crippen LogP contribution in [0.5, 0.6) is 0 Å². The molecule has 4 heterocycles. The molecule has 244 valence electrons. The Hall–Kier alpha value is -5.81. The van der Waals surface area contributed by atoms with Crippen LogP contribution in [0.3, 0.4) is 0 Å². The Morgan fingerprint density at radius 2 is 1.30 bits per heavy atom. The number of imidazole rings is 1. The zero-order valence-electron chi connectivity index (χ0n) is 28.7. The van der Waals surface area contributed by atoms with E-state index in [-0.39, 0.29) is 5.82 Å². The Labute approximate surface area is 290 Å². The van der Waals surface area contributed by atoms with Crippen LogP contribution >= 0.6 is 0 Å². The number of benzene rings is 5. The molecule has 0 bridgehead atoms. The van der Waals surface area contributed by atoms with Crippen molar-refractivity contribution in [3.05, 3.63) is 156 Å². The van der Waals surface area contributed by atoms with E-state index in [1.165, 1.54) is 67.0 Å². The van der Waals surface area contributed by atoms with E-state index in [4.69, 9.17) is 9.97 Å². The van der Waals surface area contributed by atoms with Gasteiger partial charge in [-0.1, -0.05) is 94.4 Å². The minimum atomic E-state index is -0.251. The Morgan fingerprint density at radius 1 is 0.620 bits per heavy atom. The van der Waals surface area contributed by atoms with Crippen molar-refractivity contribution >= 4 is 38.2 Å². The summed E-state index contributed by atoms with van der Waals surface area (Å²) in [4.78, 5) is 9.90. The second kappa shape index (κ2) is 11.7. The fourth-order valence-electron chi connectivity index (χ4n) is 7.88. The average Bonchev–Trinajstić information content (AvgIpc) is 3.81. The average molecular weight is 653 g/mol. The quantitative estimate of drug-likeness (QED) is 0.172. The summed E-state index contributed by atoms with van der Waals surface area (Å²) in [6.07, 6.45) is 4.59. The van der Waals surface area contributed by atoms with Crippen molar-refractivity contribution in [2.45, 2.75) is 46.0 Å². The lowest BCUT2D eigenvalue weighted by Crippen LogP contribution is -2.10. The molecule has 0 saturated heterocycles. The second-order valence-corrected chi connectivity index (χ2v) is 14.0.